The van der Waals surface area contributed by atoms with E-state index in [0.717, 1.165) is 19.4 Å². The molecule has 5 rings (SSSR count). The number of carbonyl (C=O) groups excluding carboxylic acids is 2. The molecule has 0 bridgehead atoms. The minimum absolute atomic E-state index is 0.0966. The lowest BCUT2D eigenvalue weighted by Gasteiger charge is -2.32. The van der Waals surface area contributed by atoms with Crippen molar-refractivity contribution in [3.05, 3.63) is 30.3 Å². The van der Waals surface area contributed by atoms with Gasteiger partial charge in [-0.3, -0.25) is 9.59 Å². The van der Waals surface area contributed by atoms with Crippen molar-refractivity contribution in [2.45, 2.75) is 31.5 Å². The number of methoxy groups -OCH3 is 1. The first kappa shape index (κ1) is 32.8. The molecule has 3 saturated heterocycles. The molecule has 0 aliphatic carbocycles. The predicted octanol–water partition coefficient (Wildman–Crippen LogP) is 2.92. The third-order valence-corrected chi connectivity index (χ3v) is 8.74. The summed E-state index contributed by atoms with van der Waals surface area (Å²) in [4.78, 5) is 40.1. The van der Waals surface area contributed by atoms with Gasteiger partial charge in [0.25, 0.3) is 0 Å². The molecular weight excluding hydrogens is 598 g/mol. The van der Waals surface area contributed by atoms with Gasteiger partial charge in [0.05, 0.1) is 36.4 Å². The van der Waals surface area contributed by atoms with E-state index in [1.165, 1.54) is 24.5 Å². The molecule has 2 N–H and O–H groups in total. The second kappa shape index (κ2) is 14.3. The zero-order chi connectivity index (χ0) is 32.1. The van der Waals surface area contributed by atoms with Crippen LogP contribution in [0.15, 0.2) is 24.5 Å². The van der Waals surface area contributed by atoms with Gasteiger partial charge < -0.3 is 34.8 Å². The summed E-state index contributed by atoms with van der Waals surface area (Å²) in [5.74, 6) is -5.44. The lowest BCUT2D eigenvalue weighted by Crippen LogP contribution is -2.50. The highest BCUT2D eigenvalue weighted by Crippen LogP contribution is 2.40. The molecule has 3 aliphatic rings. The Labute approximate surface area is 259 Å². The van der Waals surface area contributed by atoms with Gasteiger partial charge in [-0.1, -0.05) is 0 Å². The van der Waals surface area contributed by atoms with E-state index >= 15 is 4.39 Å². The Balaban J connectivity index is 1.43. The molecule has 15 heteroatoms. The molecule has 3 aliphatic heterocycles. The van der Waals surface area contributed by atoms with Gasteiger partial charge in [0.15, 0.2) is 0 Å². The smallest absolute Gasteiger partial charge is 0.385 e. The van der Waals surface area contributed by atoms with Crippen LogP contribution < -0.4 is 20.4 Å². The van der Waals surface area contributed by atoms with Gasteiger partial charge in [-0.25, -0.2) is 14.4 Å². The van der Waals surface area contributed by atoms with Crippen molar-refractivity contribution >= 4 is 29.1 Å². The fourth-order valence-electron chi connectivity index (χ4n) is 6.12. The lowest BCUT2D eigenvalue weighted by atomic mass is 9.84. The van der Waals surface area contributed by atoms with Crippen LogP contribution in [0.1, 0.15) is 19.3 Å². The number of nitrogens with zero attached hydrogens (tertiary/aromatic N) is 5. The van der Waals surface area contributed by atoms with Crippen molar-refractivity contribution < 1.29 is 36.6 Å². The molecule has 2 aromatic rings. The number of amides is 2. The first-order chi connectivity index (χ1) is 21.5. The number of aromatic nitrogens is 2. The topological polar surface area (TPSA) is 112 Å². The number of nitrogens with one attached hydrogen (secondary N) is 2. The minimum atomic E-state index is -4.74. The lowest BCUT2D eigenvalue weighted by molar-refractivity contribution is -0.197. The van der Waals surface area contributed by atoms with Crippen molar-refractivity contribution in [3.8, 4) is 11.1 Å². The summed E-state index contributed by atoms with van der Waals surface area (Å²) in [6.45, 7) is 4.41. The van der Waals surface area contributed by atoms with Gasteiger partial charge in [-0.05, 0) is 32.0 Å². The molecule has 11 nitrogen and oxygen atoms in total. The Bertz CT molecular complexity index is 1340. The van der Waals surface area contributed by atoms with E-state index in [4.69, 9.17) is 9.47 Å². The van der Waals surface area contributed by atoms with Gasteiger partial charge in [-0.2, -0.15) is 13.2 Å². The summed E-state index contributed by atoms with van der Waals surface area (Å²) in [5.41, 5.74) is 0.988. The van der Waals surface area contributed by atoms with E-state index in [9.17, 15) is 22.8 Å². The number of hydrogen-bond donors (Lipinski definition) is 2. The summed E-state index contributed by atoms with van der Waals surface area (Å²) >= 11 is 0. The predicted molar refractivity (Wildman–Crippen MR) is 159 cm³/mol. The van der Waals surface area contributed by atoms with Crippen LogP contribution in [0.4, 0.5) is 34.9 Å². The number of ether oxygens (including phenoxy) is 2. The number of hydrogen-bond acceptors (Lipinski definition) is 9. The number of anilines is 3. The molecule has 0 spiro atoms. The Kier molecular flexibility index (Phi) is 10.4. The van der Waals surface area contributed by atoms with E-state index in [1.807, 2.05) is 16.8 Å². The van der Waals surface area contributed by atoms with Crippen LogP contribution >= 0.6 is 0 Å². The molecule has 45 heavy (non-hydrogen) atoms. The molecular formula is C30H39F4N7O4. The average Bonchev–Trinajstić information content (AvgIpc) is 3.52. The molecule has 0 radical (unpaired) electrons. The van der Waals surface area contributed by atoms with Crippen molar-refractivity contribution in [1.82, 2.24) is 20.2 Å². The van der Waals surface area contributed by atoms with E-state index in [1.54, 1.807) is 7.11 Å². The van der Waals surface area contributed by atoms with E-state index in [-0.39, 0.29) is 17.3 Å². The van der Waals surface area contributed by atoms with Gasteiger partial charge in [0.2, 0.25) is 17.8 Å². The third kappa shape index (κ3) is 7.82. The highest BCUT2D eigenvalue weighted by molar-refractivity contribution is 5.98. The van der Waals surface area contributed by atoms with Crippen molar-refractivity contribution in [3.63, 3.8) is 0 Å². The summed E-state index contributed by atoms with van der Waals surface area (Å²) < 4.78 is 67.9. The Morgan fingerprint density at radius 2 is 1.91 bits per heavy atom. The maximum atomic E-state index is 15.8. The quantitative estimate of drug-likeness (QED) is 0.300. The largest absolute Gasteiger partial charge is 0.393 e. The highest BCUT2D eigenvalue weighted by Gasteiger charge is 2.50. The summed E-state index contributed by atoms with van der Waals surface area (Å²) in [6, 6.07) is 2.88. The molecule has 1 aromatic carbocycles. The zero-order valence-electron chi connectivity index (χ0n) is 25.4. The van der Waals surface area contributed by atoms with Crippen LogP contribution in [0.3, 0.4) is 0 Å². The molecule has 4 heterocycles. The monoisotopic (exact) mass is 637 g/mol. The Morgan fingerprint density at radius 3 is 2.60 bits per heavy atom. The number of likely N-dealkylation sites (N-methyl/N-ethyl adjacent to an activating group) is 1. The minimum Gasteiger partial charge on any atom is -0.385 e. The summed E-state index contributed by atoms with van der Waals surface area (Å²) in [6.07, 6.45) is -0.983. The van der Waals surface area contributed by atoms with Crippen molar-refractivity contribution in [1.29, 1.82) is 0 Å². The SMILES string of the molecule is COCCCN(C)C1CCN(c2cc(F)c(-c3cnc(N4CCOCC4)nc3)cc2NC(=O)C2CNC(=O)CC2C(F)(F)F)C1. The van der Waals surface area contributed by atoms with Gasteiger partial charge in [-0.15, -0.1) is 0 Å². The normalized spacial score (nSPS) is 22.6. The second-order valence-electron chi connectivity index (χ2n) is 11.7. The second-order valence-corrected chi connectivity index (χ2v) is 11.7. The van der Waals surface area contributed by atoms with E-state index in [0.29, 0.717) is 63.2 Å². The van der Waals surface area contributed by atoms with Crippen LogP contribution in [0.25, 0.3) is 11.1 Å². The molecule has 3 atom stereocenters. The number of alkyl halides is 3. The van der Waals surface area contributed by atoms with Gasteiger partial charge in [0.1, 0.15) is 5.82 Å². The molecule has 3 unspecified atom stereocenters. The maximum Gasteiger partial charge on any atom is 0.393 e. The number of rotatable bonds is 10. The fourth-order valence-corrected chi connectivity index (χ4v) is 6.12. The molecule has 2 amide bonds. The van der Waals surface area contributed by atoms with Crippen LogP contribution in [0.5, 0.6) is 0 Å². The zero-order valence-corrected chi connectivity index (χ0v) is 25.4. The van der Waals surface area contributed by atoms with Gasteiger partial charge in [0, 0.05) is 89.0 Å². The van der Waals surface area contributed by atoms with E-state index in [2.05, 4.69) is 25.5 Å². The van der Waals surface area contributed by atoms with Crippen LogP contribution in [-0.2, 0) is 19.1 Å². The average molecular weight is 638 g/mol. The van der Waals surface area contributed by atoms with Crippen LogP contribution in [0, 0.1) is 17.7 Å². The molecule has 0 saturated carbocycles. The summed E-state index contributed by atoms with van der Waals surface area (Å²) in [5, 5.41) is 5.04. The first-order valence-electron chi connectivity index (χ1n) is 15.1. The first-order valence-corrected chi connectivity index (χ1v) is 15.1. The summed E-state index contributed by atoms with van der Waals surface area (Å²) in [7, 11) is 3.65. The number of halogens is 4. The standard InChI is InChI=1S/C30H39F4N7O4/c1-39(5-3-9-44-2)20-4-6-41(18-20)26-14-24(31)21(19-15-36-29(37-16-19)40-7-10-45-11-8-40)12-25(26)38-28(43)22-17-35-27(42)13-23(22)30(32,33)34/h12,14-16,20,22-23H,3-11,13,17-18H2,1-2H3,(H,35,42)(H,38,43). The Hall–Kier alpha value is -3.56. The molecule has 3 fully saturated rings. The molecule has 1 aromatic heterocycles. The number of benzene rings is 1. The maximum absolute atomic E-state index is 15.8. The third-order valence-electron chi connectivity index (χ3n) is 8.74. The fraction of sp³-hybridized carbons (Fsp3) is 0.600. The highest BCUT2D eigenvalue weighted by atomic mass is 19.4. The Morgan fingerprint density at radius 1 is 1.18 bits per heavy atom. The van der Waals surface area contributed by atoms with Crippen molar-refractivity contribution in [2.24, 2.45) is 11.8 Å². The van der Waals surface area contributed by atoms with Crippen LogP contribution in [0.2, 0.25) is 0 Å². The van der Waals surface area contributed by atoms with Gasteiger partial charge >= 0.3 is 6.18 Å². The van der Waals surface area contributed by atoms with Crippen molar-refractivity contribution in [2.75, 3.05) is 88.4 Å². The number of morpholine rings is 1. The van der Waals surface area contributed by atoms with Crippen LogP contribution in [-0.4, -0.2) is 112 Å². The number of piperidine rings is 1. The molecule has 246 valence electrons. The van der Waals surface area contributed by atoms with E-state index < -0.39 is 48.6 Å². The number of carbonyl (C=O) groups is 2.